The lowest BCUT2D eigenvalue weighted by Gasteiger charge is -2.32. The molecule has 3 heterocycles. The van der Waals surface area contributed by atoms with E-state index in [1.165, 1.54) is 17.0 Å². The fraction of sp³-hybridized carbons (Fsp3) is 0.625. The van der Waals surface area contributed by atoms with Crippen LogP contribution in [0.1, 0.15) is 41.7 Å². The van der Waals surface area contributed by atoms with Gasteiger partial charge in [0.2, 0.25) is 0 Å². The third-order valence-corrected chi connectivity index (χ3v) is 4.92. The summed E-state index contributed by atoms with van der Waals surface area (Å²) in [5, 5.41) is 7.84. The van der Waals surface area contributed by atoms with Crippen LogP contribution in [0, 0.1) is 6.92 Å². The van der Waals surface area contributed by atoms with E-state index in [-0.39, 0.29) is 0 Å². The maximum Gasteiger partial charge on any atom is 0.0897 e. The Hall–Kier alpha value is -1.24. The second-order valence-electron chi connectivity index (χ2n) is 5.75. The molecule has 0 spiro atoms. The SMILES string of the molecule is CCOCC1CN(Cc2csc(C)n2)Cc2cnn(CC)c21. The van der Waals surface area contributed by atoms with Crippen molar-refractivity contribution in [3.05, 3.63) is 33.5 Å². The molecule has 120 valence electrons. The van der Waals surface area contributed by atoms with Crippen LogP contribution in [0.25, 0.3) is 0 Å². The summed E-state index contributed by atoms with van der Waals surface area (Å²) in [7, 11) is 0. The lowest BCUT2D eigenvalue weighted by Crippen LogP contribution is -2.36. The van der Waals surface area contributed by atoms with Gasteiger partial charge in [0, 0.05) is 55.3 Å². The Morgan fingerprint density at radius 2 is 2.27 bits per heavy atom. The molecule has 0 aliphatic carbocycles. The highest BCUT2D eigenvalue weighted by Crippen LogP contribution is 2.29. The van der Waals surface area contributed by atoms with Crippen molar-refractivity contribution in [3.63, 3.8) is 0 Å². The molecule has 6 heteroatoms. The number of fused-ring (bicyclic) bond motifs is 1. The van der Waals surface area contributed by atoms with Crippen LogP contribution in [-0.2, 0) is 24.4 Å². The van der Waals surface area contributed by atoms with Gasteiger partial charge < -0.3 is 4.74 Å². The van der Waals surface area contributed by atoms with E-state index in [1.807, 2.05) is 6.20 Å². The van der Waals surface area contributed by atoms with Gasteiger partial charge in [-0.15, -0.1) is 11.3 Å². The van der Waals surface area contributed by atoms with Crippen LogP contribution in [0.4, 0.5) is 0 Å². The van der Waals surface area contributed by atoms with E-state index >= 15 is 0 Å². The molecule has 3 rings (SSSR count). The zero-order valence-corrected chi connectivity index (χ0v) is 14.4. The Morgan fingerprint density at radius 3 is 2.95 bits per heavy atom. The van der Waals surface area contributed by atoms with Gasteiger partial charge in [0.05, 0.1) is 23.5 Å². The Bertz CT molecular complexity index is 621. The van der Waals surface area contributed by atoms with Crippen LogP contribution in [0.15, 0.2) is 11.6 Å². The average molecular weight is 320 g/mol. The van der Waals surface area contributed by atoms with Crippen LogP contribution >= 0.6 is 11.3 Å². The van der Waals surface area contributed by atoms with E-state index in [0.29, 0.717) is 5.92 Å². The maximum atomic E-state index is 5.72. The average Bonchev–Trinajstić information content (AvgIpc) is 3.10. The molecule has 1 aliphatic heterocycles. The highest BCUT2D eigenvalue weighted by Gasteiger charge is 2.29. The number of aromatic nitrogens is 3. The van der Waals surface area contributed by atoms with Crippen molar-refractivity contribution in [2.45, 2.75) is 46.3 Å². The molecule has 0 saturated carbocycles. The lowest BCUT2D eigenvalue weighted by atomic mass is 9.96. The van der Waals surface area contributed by atoms with E-state index in [1.54, 1.807) is 11.3 Å². The van der Waals surface area contributed by atoms with Gasteiger partial charge >= 0.3 is 0 Å². The second-order valence-corrected chi connectivity index (χ2v) is 6.82. The minimum Gasteiger partial charge on any atom is -0.381 e. The van der Waals surface area contributed by atoms with Gasteiger partial charge in [-0.05, 0) is 20.8 Å². The summed E-state index contributed by atoms with van der Waals surface area (Å²) in [4.78, 5) is 7.05. The fourth-order valence-corrected chi connectivity index (χ4v) is 3.81. The van der Waals surface area contributed by atoms with Crippen molar-refractivity contribution in [1.29, 1.82) is 0 Å². The van der Waals surface area contributed by atoms with Crippen molar-refractivity contribution in [3.8, 4) is 0 Å². The predicted molar refractivity (Wildman–Crippen MR) is 88.1 cm³/mol. The summed E-state index contributed by atoms with van der Waals surface area (Å²) in [6, 6.07) is 0. The monoisotopic (exact) mass is 320 g/mol. The number of thiazole rings is 1. The third-order valence-electron chi connectivity index (χ3n) is 4.09. The van der Waals surface area contributed by atoms with Crippen LogP contribution in [0.2, 0.25) is 0 Å². The van der Waals surface area contributed by atoms with E-state index in [9.17, 15) is 0 Å². The van der Waals surface area contributed by atoms with E-state index in [4.69, 9.17) is 4.74 Å². The smallest absolute Gasteiger partial charge is 0.0897 e. The van der Waals surface area contributed by atoms with Gasteiger partial charge in [0.1, 0.15) is 0 Å². The largest absolute Gasteiger partial charge is 0.381 e. The summed E-state index contributed by atoms with van der Waals surface area (Å²) < 4.78 is 7.85. The van der Waals surface area contributed by atoms with Crippen LogP contribution in [0.3, 0.4) is 0 Å². The highest BCUT2D eigenvalue weighted by molar-refractivity contribution is 7.09. The van der Waals surface area contributed by atoms with Gasteiger partial charge in [-0.3, -0.25) is 9.58 Å². The van der Waals surface area contributed by atoms with E-state index < -0.39 is 0 Å². The molecular weight excluding hydrogens is 296 g/mol. The zero-order valence-electron chi connectivity index (χ0n) is 13.6. The molecule has 5 nitrogen and oxygen atoms in total. The topological polar surface area (TPSA) is 43.2 Å². The quantitative estimate of drug-likeness (QED) is 0.821. The minimum absolute atomic E-state index is 0.394. The maximum absolute atomic E-state index is 5.72. The second kappa shape index (κ2) is 6.89. The minimum atomic E-state index is 0.394. The molecule has 1 aliphatic rings. The molecule has 0 saturated heterocycles. The standard InChI is InChI=1S/C16H24N4OS/c1-4-20-16-13(6-17-20)7-19(8-14(16)10-21-5-2)9-15-11-22-12(3)18-15/h6,11,14H,4-5,7-10H2,1-3H3. The van der Waals surface area contributed by atoms with E-state index in [0.717, 1.165) is 44.4 Å². The van der Waals surface area contributed by atoms with Crippen LogP contribution < -0.4 is 0 Å². The molecule has 0 amide bonds. The van der Waals surface area contributed by atoms with Crippen molar-refractivity contribution in [2.75, 3.05) is 19.8 Å². The Kier molecular flexibility index (Phi) is 4.90. The molecule has 22 heavy (non-hydrogen) atoms. The molecule has 0 fully saturated rings. The summed E-state index contributed by atoms with van der Waals surface area (Å²) in [6.07, 6.45) is 2.02. The lowest BCUT2D eigenvalue weighted by molar-refractivity contribution is 0.102. The van der Waals surface area contributed by atoms with Crippen molar-refractivity contribution in [1.82, 2.24) is 19.7 Å². The Morgan fingerprint density at radius 1 is 1.41 bits per heavy atom. The molecule has 0 bridgehead atoms. The number of rotatable bonds is 6. The van der Waals surface area contributed by atoms with Gasteiger partial charge in [-0.2, -0.15) is 5.10 Å². The number of ether oxygens (including phenoxy) is 1. The van der Waals surface area contributed by atoms with Crippen molar-refractivity contribution in [2.24, 2.45) is 0 Å². The Balaban J connectivity index is 1.78. The molecule has 0 aromatic carbocycles. The van der Waals surface area contributed by atoms with Crippen molar-refractivity contribution >= 4 is 11.3 Å². The van der Waals surface area contributed by atoms with Gasteiger partial charge in [0.25, 0.3) is 0 Å². The molecule has 1 atom stereocenters. The molecule has 2 aromatic heterocycles. The van der Waals surface area contributed by atoms with Crippen molar-refractivity contribution < 1.29 is 4.74 Å². The van der Waals surface area contributed by atoms with Gasteiger partial charge in [-0.25, -0.2) is 4.98 Å². The summed E-state index contributed by atoms with van der Waals surface area (Å²) >= 11 is 1.72. The number of hydrogen-bond acceptors (Lipinski definition) is 5. The summed E-state index contributed by atoms with van der Waals surface area (Å²) in [5.41, 5.74) is 3.87. The van der Waals surface area contributed by atoms with Crippen LogP contribution in [0.5, 0.6) is 0 Å². The van der Waals surface area contributed by atoms with Crippen LogP contribution in [-0.4, -0.2) is 39.4 Å². The zero-order chi connectivity index (χ0) is 15.5. The van der Waals surface area contributed by atoms with E-state index in [2.05, 4.69) is 45.8 Å². The molecule has 2 aromatic rings. The number of nitrogens with zero attached hydrogens (tertiary/aromatic N) is 4. The third kappa shape index (κ3) is 3.24. The first-order valence-electron chi connectivity index (χ1n) is 7.96. The fourth-order valence-electron chi connectivity index (χ4n) is 3.21. The normalized spacial score (nSPS) is 18.6. The first-order valence-corrected chi connectivity index (χ1v) is 8.84. The summed E-state index contributed by atoms with van der Waals surface area (Å²) in [6.45, 7) is 11.6. The number of aryl methyl sites for hydroxylation is 2. The Labute approximate surface area is 135 Å². The predicted octanol–water partition coefficient (Wildman–Crippen LogP) is 2.80. The highest BCUT2D eigenvalue weighted by atomic mass is 32.1. The molecule has 0 radical (unpaired) electrons. The number of hydrogen-bond donors (Lipinski definition) is 0. The first-order chi connectivity index (χ1) is 10.7. The van der Waals surface area contributed by atoms with Gasteiger partial charge in [0.15, 0.2) is 0 Å². The molecule has 0 N–H and O–H groups in total. The van der Waals surface area contributed by atoms with Gasteiger partial charge in [-0.1, -0.05) is 0 Å². The molecular formula is C16H24N4OS. The molecule has 1 unspecified atom stereocenters. The summed E-state index contributed by atoms with van der Waals surface area (Å²) in [5.74, 6) is 0.394. The first kappa shape index (κ1) is 15.6.